The van der Waals surface area contributed by atoms with E-state index in [2.05, 4.69) is 57.4 Å². The molecule has 1 heterocycles. The summed E-state index contributed by atoms with van der Waals surface area (Å²) in [4.78, 5) is 4.10. The molecule has 0 fully saturated rings. The van der Waals surface area contributed by atoms with Crippen LogP contribution in [0.5, 0.6) is 0 Å². The smallest absolute Gasteiger partial charge is 0.0487 e. The van der Waals surface area contributed by atoms with Gasteiger partial charge in [-0.05, 0) is 52.5 Å². The number of nitrogens with zero attached hydrogens (tertiary/aromatic N) is 1. The fourth-order valence-corrected chi connectivity index (χ4v) is 2.08. The summed E-state index contributed by atoms with van der Waals surface area (Å²) in [5.74, 6) is 0. The summed E-state index contributed by atoms with van der Waals surface area (Å²) in [5, 5.41) is 3.43. The van der Waals surface area contributed by atoms with E-state index in [0.717, 1.165) is 23.1 Å². The lowest BCUT2D eigenvalue weighted by molar-refractivity contribution is 1.00. The first kappa shape index (κ1) is 12.1. The predicted molar refractivity (Wildman–Crippen MR) is 75.3 cm³/mol. The summed E-state index contributed by atoms with van der Waals surface area (Å²) in [6.45, 7) is 3.00. The van der Waals surface area contributed by atoms with Crippen LogP contribution < -0.4 is 5.32 Å². The molecule has 0 aliphatic heterocycles. The molecule has 0 spiro atoms. The molecular weight excluding hydrogens is 276 g/mol. The van der Waals surface area contributed by atoms with Crippen LogP contribution in [0.4, 0.5) is 5.69 Å². The van der Waals surface area contributed by atoms with Gasteiger partial charge in [-0.25, -0.2) is 0 Å². The van der Waals surface area contributed by atoms with Crippen molar-refractivity contribution in [3.8, 4) is 0 Å². The Balaban J connectivity index is 1.93. The number of hydrogen-bond donors (Lipinski definition) is 1. The molecule has 0 bridgehead atoms. The minimum atomic E-state index is 0.910. The Morgan fingerprint density at radius 3 is 2.88 bits per heavy atom. The van der Waals surface area contributed by atoms with E-state index in [0.29, 0.717) is 0 Å². The lowest BCUT2D eigenvalue weighted by atomic mass is 10.2. The highest BCUT2D eigenvalue weighted by Crippen LogP contribution is 2.25. The molecule has 2 nitrogen and oxygen atoms in total. The van der Waals surface area contributed by atoms with E-state index < -0.39 is 0 Å². The number of anilines is 1. The third-order valence-corrected chi connectivity index (χ3v) is 3.70. The first-order valence-electron chi connectivity index (χ1n) is 5.65. The second kappa shape index (κ2) is 5.82. The number of hydrogen-bond acceptors (Lipinski definition) is 2. The van der Waals surface area contributed by atoms with Gasteiger partial charge in [-0.1, -0.05) is 18.2 Å². The molecule has 0 aliphatic carbocycles. The Labute approximate surface area is 110 Å². The standard InChI is InChI=1S/C14H15BrN2/c1-11-4-2-6-13(14(11)15)17-9-7-12-5-3-8-16-10-12/h2-6,8,10,17H,7,9H2,1H3. The third kappa shape index (κ3) is 3.30. The van der Waals surface area contributed by atoms with Crippen LogP contribution in [0.3, 0.4) is 0 Å². The number of benzene rings is 1. The van der Waals surface area contributed by atoms with E-state index in [-0.39, 0.29) is 0 Å². The summed E-state index contributed by atoms with van der Waals surface area (Å²) in [5.41, 5.74) is 3.65. The molecule has 88 valence electrons. The molecule has 0 atom stereocenters. The highest BCUT2D eigenvalue weighted by atomic mass is 79.9. The quantitative estimate of drug-likeness (QED) is 0.926. The molecule has 0 aliphatic rings. The Bertz CT molecular complexity index is 483. The molecular formula is C14H15BrN2. The van der Waals surface area contributed by atoms with Gasteiger partial charge in [0.15, 0.2) is 0 Å². The van der Waals surface area contributed by atoms with Crippen molar-refractivity contribution in [1.29, 1.82) is 0 Å². The summed E-state index contributed by atoms with van der Waals surface area (Å²) >= 11 is 3.59. The Morgan fingerprint density at radius 1 is 1.24 bits per heavy atom. The number of halogens is 1. The first-order chi connectivity index (χ1) is 8.27. The highest BCUT2D eigenvalue weighted by Gasteiger charge is 2.01. The van der Waals surface area contributed by atoms with Crippen molar-refractivity contribution in [3.63, 3.8) is 0 Å². The average Bonchev–Trinajstić information content (AvgIpc) is 2.36. The molecule has 3 heteroatoms. The first-order valence-corrected chi connectivity index (χ1v) is 6.44. The van der Waals surface area contributed by atoms with Gasteiger partial charge >= 0.3 is 0 Å². The van der Waals surface area contributed by atoms with E-state index in [1.165, 1.54) is 11.1 Å². The molecule has 0 unspecified atom stereocenters. The summed E-state index contributed by atoms with van der Waals surface area (Å²) in [6, 6.07) is 10.3. The van der Waals surface area contributed by atoms with Gasteiger partial charge in [-0.2, -0.15) is 0 Å². The van der Waals surface area contributed by atoms with Crippen molar-refractivity contribution in [2.75, 3.05) is 11.9 Å². The average molecular weight is 291 g/mol. The van der Waals surface area contributed by atoms with Crippen LogP contribution in [-0.2, 0) is 6.42 Å². The van der Waals surface area contributed by atoms with E-state index >= 15 is 0 Å². The van der Waals surface area contributed by atoms with Crippen LogP contribution in [0.2, 0.25) is 0 Å². The van der Waals surface area contributed by atoms with Gasteiger partial charge in [0.2, 0.25) is 0 Å². The van der Waals surface area contributed by atoms with Gasteiger partial charge in [0.05, 0.1) is 0 Å². The molecule has 1 aromatic carbocycles. The van der Waals surface area contributed by atoms with Crippen LogP contribution in [0.1, 0.15) is 11.1 Å². The number of aromatic nitrogens is 1. The van der Waals surface area contributed by atoms with Gasteiger partial charge in [0.1, 0.15) is 0 Å². The maximum atomic E-state index is 4.10. The van der Waals surface area contributed by atoms with Crippen LogP contribution >= 0.6 is 15.9 Å². The van der Waals surface area contributed by atoms with Crippen molar-refractivity contribution in [3.05, 3.63) is 58.3 Å². The summed E-state index contributed by atoms with van der Waals surface area (Å²) in [7, 11) is 0. The number of pyridine rings is 1. The van der Waals surface area contributed by atoms with Crippen molar-refractivity contribution in [1.82, 2.24) is 4.98 Å². The Kier molecular flexibility index (Phi) is 4.15. The molecule has 0 saturated carbocycles. The fraction of sp³-hybridized carbons (Fsp3) is 0.214. The van der Waals surface area contributed by atoms with E-state index in [4.69, 9.17) is 0 Å². The predicted octanol–water partition coefficient (Wildman–Crippen LogP) is 3.81. The second-order valence-corrected chi connectivity index (χ2v) is 4.77. The normalized spacial score (nSPS) is 10.2. The van der Waals surface area contributed by atoms with Crippen LogP contribution in [0.25, 0.3) is 0 Å². The topological polar surface area (TPSA) is 24.9 Å². The van der Waals surface area contributed by atoms with Gasteiger partial charge < -0.3 is 5.32 Å². The molecule has 0 amide bonds. The van der Waals surface area contributed by atoms with Crippen molar-refractivity contribution >= 4 is 21.6 Å². The maximum absolute atomic E-state index is 4.10. The zero-order valence-corrected chi connectivity index (χ0v) is 11.4. The zero-order valence-electron chi connectivity index (χ0n) is 9.78. The number of nitrogens with one attached hydrogen (secondary N) is 1. The van der Waals surface area contributed by atoms with Crippen molar-refractivity contribution in [2.24, 2.45) is 0 Å². The molecule has 1 N–H and O–H groups in total. The Morgan fingerprint density at radius 2 is 2.12 bits per heavy atom. The van der Waals surface area contributed by atoms with Crippen molar-refractivity contribution < 1.29 is 0 Å². The summed E-state index contributed by atoms with van der Waals surface area (Å²) in [6.07, 6.45) is 4.69. The van der Waals surface area contributed by atoms with E-state index in [1.807, 2.05) is 12.3 Å². The van der Waals surface area contributed by atoms with Gasteiger partial charge in [0, 0.05) is 29.1 Å². The van der Waals surface area contributed by atoms with E-state index in [9.17, 15) is 0 Å². The lowest BCUT2D eigenvalue weighted by Crippen LogP contribution is -2.05. The SMILES string of the molecule is Cc1cccc(NCCc2cccnc2)c1Br. The van der Waals surface area contributed by atoms with Crippen LogP contribution in [0.15, 0.2) is 47.2 Å². The molecule has 2 rings (SSSR count). The Hall–Kier alpha value is -1.35. The number of rotatable bonds is 4. The van der Waals surface area contributed by atoms with E-state index in [1.54, 1.807) is 6.20 Å². The van der Waals surface area contributed by atoms with Crippen LogP contribution in [-0.4, -0.2) is 11.5 Å². The number of aryl methyl sites for hydroxylation is 1. The van der Waals surface area contributed by atoms with Gasteiger partial charge in [-0.15, -0.1) is 0 Å². The molecule has 1 aromatic heterocycles. The molecule has 2 aromatic rings. The highest BCUT2D eigenvalue weighted by molar-refractivity contribution is 9.10. The van der Waals surface area contributed by atoms with Gasteiger partial charge in [0.25, 0.3) is 0 Å². The second-order valence-electron chi connectivity index (χ2n) is 3.97. The summed E-state index contributed by atoms with van der Waals surface area (Å²) < 4.78 is 1.14. The van der Waals surface area contributed by atoms with Gasteiger partial charge in [-0.3, -0.25) is 4.98 Å². The minimum Gasteiger partial charge on any atom is -0.384 e. The zero-order chi connectivity index (χ0) is 12.1. The fourth-order valence-electron chi connectivity index (χ4n) is 1.67. The molecule has 17 heavy (non-hydrogen) atoms. The third-order valence-electron chi connectivity index (χ3n) is 2.64. The molecule has 0 saturated heterocycles. The minimum absolute atomic E-state index is 0.910. The molecule has 0 radical (unpaired) electrons. The van der Waals surface area contributed by atoms with Crippen LogP contribution in [0, 0.1) is 6.92 Å². The largest absolute Gasteiger partial charge is 0.384 e. The maximum Gasteiger partial charge on any atom is 0.0487 e. The monoisotopic (exact) mass is 290 g/mol. The van der Waals surface area contributed by atoms with Crippen molar-refractivity contribution in [2.45, 2.75) is 13.3 Å². The lowest BCUT2D eigenvalue weighted by Gasteiger charge is -2.10.